The Labute approximate surface area is 123 Å². The number of hydrogen-bond donors (Lipinski definition) is 0. The van der Waals surface area contributed by atoms with E-state index in [9.17, 15) is 9.59 Å². The molecule has 0 aliphatic heterocycles. The second-order valence-corrected chi connectivity index (χ2v) is 4.89. The summed E-state index contributed by atoms with van der Waals surface area (Å²) in [7, 11) is 0. The summed E-state index contributed by atoms with van der Waals surface area (Å²) in [4.78, 5) is 31.2. The van der Waals surface area contributed by atoms with Crippen molar-refractivity contribution in [3.63, 3.8) is 0 Å². The van der Waals surface area contributed by atoms with Gasteiger partial charge in [-0.2, -0.15) is 4.68 Å². The molecule has 0 unspecified atom stereocenters. The van der Waals surface area contributed by atoms with Crippen LogP contribution < -0.4 is 0 Å². The highest BCUT2D eigenvalue weighted by Gasteiger charge is 2.18. The van der Waals surface area contributed by atoms with Crippen LogP contribution in [0.25, 0.3) is 0 Å². The molecule has 1 aromatic rings. The summed E-state index contributed by atoms with van der Waals surface area (Å²) in [6.07, 6.45) is 1.35. The van der Waals surface area contributed by atoms with E-state index >= 15 is 0 Å². The van der Waals surface area contributed by atoms with Gasteiger partial charge in [0, 0.05) is 37.9 Å². The van der Waals surface area contributed by atoms with E-state index in [0.717, 1.165) is 11.8 Å². The summed E-state index contributed by atoms with van der Waals surface area (Å²) < 4.78 is 1.17. The van der Waals surface area contributed by atoms with Crippen molar-refractivity contribution in [2.45, 2.75) is 32.9 Å². The Kier molecular flexibility index (Phi) is 6.50. The smallest absolute Gasteiger partial charge is 0.334 e. The Bertz CT molecular complexity index is 454. The lowest BCUT2D eigenvalue weighted by Gasteiger charge is -2.17. The summed E-state index contributed by atoms with van der Waals surface area (Å²) in [6, 6.07) is -0.232. The molecule has 112 valence electrons. The molecule has 1 aromatic heterocycles. The zero-order chi connectivity index (χ0) is 15.1. The van der Waals surface area contributed by atoms with Gasteiger partial charge in [0.1, 0.15) is 6.33 Å². The van der Waals surface area contributed by atoms with E-state index in [1.165, 1.54) is 11.0 Å². The first kappa shape index (κ1) is 16.5. The van der Waals surface area contributed by atoms with Crippen molar-refractivity contribution in [1.82, 2.24) is 24.6 Å². The van der Waals surface area contributed by atoms with Gasteiger partial charge in [-0.1, -0.05) is 0 Å². The minimum Gasteiger partial charge on any atom is -0.334 e. The molecule has 8 heteroatoms. The van der Waals surface area contributed by atoms with Crippen molar-refractivity contribution in [1.29, 1.82) is 0 Å². The van der Waals surface area contributed by atoms with Crippen LogP contribution in [0.2, 0.25) is 0 Å². The van der Waals surface area contributed by atoms with Crippen LogP contribution in [0.5, 0.6) is 0 Å². The number of hydrogen-bond acceptors (Lipinski definition) is 5. The first-order chi connectivity index (χ1) is 9.57. The van der Waals surface area contributed by atoms with Gasteiger partial charge in [-0.3, -0.25) is 4.79 Å². The quantitative estimate of drug-likeness (QED) is 0.779. The second-order valence-electron chi connectivity index (χ2n) is 3.97. The zero-order valence-electron chi connectivity index (χ0n) is 12.4. The molecule has 0 spiro atoms. The number of thioether (sulfide) groups is 1. The van der Waals surface area contributed by atoms with E-state index in [4.69, 9.17) is 0 Å². The molecule has 0 fully saturated rings. The summed E-state index contributed by atoms with van der Waals surface area (Å²) in [5.41, 5.74) is 0. The van der Waals surface area contributed by atoms with E-state index in [0.29, 0.717) is 31.3 Å². The summed E-state index contributed by atoms with van der Waals surface area (Å²) >= 11 is 0.939. The van der Waals surface area contributed by atoms with Crippen LogP contribution in [0.15, 0.2) is 11.5 Å². The average Bonchev–Trinajstić information content (AvgIpc) is 2.89. The lowest BCUT2D eigenvalue weighted by atomic mass is 10.5. The van der Waals surface area contributed by atoms with Crippen LogP contribution in [-0.2, 0) is 0 Å². The third-order valence-corrected chi connectivity index (χ3v) is 3.70. The van der Waals surface area contributed by atoms with Crippen LogP contribution in [0.4, 0.5) is 9.59 Å². The molecule has 0 radical (unpaired) electrons. The fourth-order valence-corrected chi connectivity index (χ4v) is 2.42. The van der Waals surface area contributed by atoms with E-state index in [1.807, 2.05) is 27.7 Å². The molecule has 2 amide bonds. The highest BCUT2D eigenvalue weighted by Crippen LogP contribution is 2.16. The van der Waals surface area contributed by atoms with Crippen LogP contribution in [0.1, 0.15) is 27.7 Å². The molecular formula is C12H21N5O2S. The first-order valence-corrected chi connectivity index (χ1v) is 7.56. The second kappa shape index (κ2) is 7.88. The highest BCUT2D eigenvalue weighted by atomic mass is 32.2. The van der Waals surface area contributed by atoms with E-state index in [2.05, 4.69) is 10.1 Å². The molecule has 0 bridgehead atoms. The van der Waals surface area contributed by atoms with Gasteiger partial charge in [-0.05, 0) is 27.7 Å². The summed E-state index contributed by atoms with van der Waals surface area (Å²) in [5.74, 6) is 0. The minimum absolute atomic E-state index is 0.108. The standard InChI is InChI=1S/C12H21N5O2S/c1-5-15(6-2)11(18)17-9-13-10(14-17)20-12(19)16(7-3)8-4/h9H,5-8H2,1-4H3. The van der Waals surface area contributed by atoms with Crippen LogP contribution in [-0.4, -0.2) is 62.0 Å². The predicted molar refractivity (Wildman–Crippen MR) is 77.9 cm³/mol. The molecule has 1 heterocycles. The van der Waals surface area contributed by atoms with Crippen molar-refractivity contribution in [3.8, 4) is 0 Å². The van der Waals surface area contributed by atoms with Gasteiger partial charge < -0.3 is 9.80 Å². The fraction of sp³-hybridized carbons (Fsp3) is 0.667. The number of carbonyl (C=O) groups is 2. The Morgan fingerprint density at radius 1 is 1.10 bits per heavy atom. The lowest BCUT2D eigenvalue weighted by Crippen LogP contribution is -2.34. The number of aromatic nitrogens is 3. The van der Waals surface area contributed by atoms with Crippen molar-refractivity contribution >= 4 is 23.0 Å². The molecule has 0 saturated heterocycles. The molecule has 7 nitrogen and oxygen atoms in total. The summed E-state index contributed by atoms with van der Waals surface area (Å²) in [6.45, 7) is 10.1. The summed E-state index contributed by atoms with van der Waals surface area (Å²) in [5, 5.41) is 4.23. The molecule has 0 atom stereocenters. The van der Waals surface area contributed by atoms with Gasteiger partial charge in [0.25, 0.3) is 5.24 Å². The Balaban J connectivity index is 2.73. The topological polar surface area (TPSA) is 71.3 Å². The van der Waals surface area contributed by atoms with E-state index < -0.39 is 0 Å². The number of rotatable bonds is 5. The Morgan fingerprint density at radius 3 is 2.15 bits per heavy atom. The normalized spacial score (nSPS) is 10.4. The van der Waals surface area contributed by atoms with Gasteiger partial charge in [0.2, 0.25) is 5.16 Å². The predicted octanol–water partition coefficient (Wildman–Crippen LogP) is 2.14. The molecule has 0 aliphatic rings. The lowest BCUT2D eigenvalue weighted by molar-refractivity contribution is 0.201. The number of carbonyl (C=O) groups excluding carboxylic acids is 2. The highest BCUT2D eigenvalue weighted by molar-refractivity contribution is 8.13. The molecule has 20 heavy (non-hydrogen) atoms. The van der Waals surface area contributed by atoms with Crippen molar-refractivity contribution in [3.05, 3.63) is 6.33 Å². The number of nitrogens with zero attached hydrogens (tertiary/aromatic N) is 5. The molecule has 0 N–H and O–H groups in total. The van der Waals surface area contributed by atoms with Crippen LogP contribution >= 0.6 is 11.8 Å². The Morgan fingerprint density at radius 2 is 1.65 bits per heavy atom. The third-order valence-electron chi connectivity index (χ3n) is 2.90. The average molecular weight is 299 g/mol. The molecule has 0 saturated carbocycles. The molecule has 0 aromatic carbocycles. The van der Waals surface area contributed by atoms with E-state index in [-0.39, 0.29) is 11.3 Å². The molecule has 1 rings (SSSR count). The van der Waals surface area contributed by atoms with Gasteiger partial charge in [-0.25, -0.2) is 9.78 Å². The zero-order valence-corrected chi connectivity index (χ0v) is 13.2. The van der Waals surface area contributed by atoms with Gasteiger partial charge >= 0.3 is 6.03 Å². The SMILES string of the molecule is CCN(CC)C(=O)Sc1ncn(C(=O)N(CC)CC)n1. The minimum atomic E-state index is -0.232. The molecule has 0 aliphatic carbocycles. The van der Waals surface area contributed by atoms with Crippen molar-refractivity contribution in [2.75, 3.05) is 26.2 Å². The van der Waals surface area contributed by atoms with Crippen LogP contribution in [0, 0.1) is 0 Å². The maximum atomic E-state index is 12.0. The van der Waals surface area contributed by atoms with Crippen molar-refractivity contribution in [2.24, 2.45) is 0 Å². The van der Waals surface area contributed by atoms with Crippen LogP contribution in [0.3, 0.4) is 0 Å². The Hall–Kier alpha value is -1.57. The third kappa shape index (κ3) is 3.96. The molecular weight excluding hydrogens is 278 g/mol. The fourth-order valence-electron chi connectivity index (χ4n) is 1.65. The van der Waals surface area contributed by atoms with Gasteiger partial charge in [0.15, 0.2) is 0 Å². The van der Waals surface area contributed by atoms with Gasteiger partial charge in [0.05, 0.1) is 0 Å². The first-order valence-electron chi connectivity index (χ1n) is 6.74. The maximum absolute atomic E-state index is 12.0. The monoisotopic (exact) mass is 299 g/mol. The van der Waals surface area contributed by atoms with E-state index in [1.54, 1.807) is 9.80 Å². The number of amides is 2. The van der Waals surface area contributed by atoms with Crippen molar-refractivity contribution < 1.29 is 9.59 Å². The van der Waals surface area contributed by atoms with Gasteiger partial charge in [-0.15, -0.1) is 5.10 Å². The maximum Gasteiger partial charge on any atom is 0.346 e. The largest absolute Gasteiger partial charge is 0.346 e.